The van der Waals surface area contributed by atoms with Crippen LogP contribution in [0, 0.1) is 5.82 Å². The van der Waals surface area contributed by atoms with E-state index < -0.39 is 0 Å². The lowest BCUT2D eigenvalue weighted by atomic mass is 9.93. The lowest BCUT2D eigenvalue weighted by Crippen LogP contribution is -2.28. The number of nitrogens with zero attached hydrogens (tertiary/aromatic N) is 3. The zero-order valence-electron chi connectivity index (χ0n) is 18.0. The van der Waals surface area contributed by atoms with Gasteiger partial charge in [-0.1, -0.05) is 54.1 Å². The van der Waals surface area contributed by atoms with Crippen LogP contribution in [-0.4, -0.2) is 27.3 Å². The van der Waals surface area contributed by atoms with Gasteiger partial charge in [0.15, 0.2) is 6.61 Å². The molecule has 7 nitrogen and oxygen atoms in total. The normalized spacial score (nSPS) is 16.9. The first-order valence-corrected chi connectivity index (χ1v) is 11.1. The van der Waals surface area contributed by atoms with Crippen molar-refractivity contribution in [1.82, 2.24) is 14.8 Å². The fourth-order valence-electron chi connectivity index (χ4n) is 3.93. The van der Waals surface area contributed by atoms with Crippen molar-refractivity contribution in [2.75, 3.05) is 17.2 Å². The smallest absolute Gasteiger partial charge is 0.264 e. The van der Waals surface area contributed by atoms with Gasteiger partial charge in [-0.15, -0.1) is 5.10 Å². The van der Waals surface area contributed by atoms with E-state index in [-0.39, 0.29) is 36.4 Å². The monoisotopic (exact) mass is 477 g/mol. The highest BCUT2D eigenvalue weighted by Gasteiger charge is 2.31. The molecule has 0 bridgehead atoms. The highest BCUT2D eigenvalue weighted by molar-refractivity contribution is 6.30. The summed E-state index contributed by atoms with van der Waals surface area (Å²) in [6, 6.07) is 22.7. The third kappa shape index (κ3) is 4.87. The van der Waals surface area contributed by atoms with Gasteiger partial charge in [0.05, 0.1) is 12.1 Å². The number of fused-ring (bicyclic) bond motifs is 1. The lowest BCUT2D eigenvalue weighted by molar-refractivity contribution is -0.118. The second-order valence-corrected chi connectivity index (χ2v) is 8.34. The van der Waals surface area contributed by atoms with E-state index >= 15 is 0 Å². The predicted molar refractivity (Wildman–Crippen MR) is 128 cm³/mol. The van der Waals surface area contributed by atoms with Crippen molar-refractivity contribution in [1.29, 1.82) is 0 Å². The fraction of sp³-hybridized carbons (Fsp3) is 0.160. The molecular formula is C25H21ClFN5O2. The number of carbonyl (C=O) groups is 1. The van der Waals surface area contributed by atoms with Crippen LogP contribution in [0.4, 0.5) is 16.3 Å². The minimum Gasteiger partial charge on any atom is -0.484 e. The summed E-state index contributed by atoms with van der Waals surface area (Å²) in [6.45, 7) is -0.171. The number of amides is 1. The number of benzene rings is 3. The number of hydrogen-bond donors (Lipinski definition) is 2. The average molecular weight is 478 g/mol. The van der Waals surface area contributed by atoms with Gasteiger partial charge in [0.2, 0.25) is 5.95 Å². The first-order chi connectivity index (χ1) is 16.5. The molecule has 1 aliphatic rings. The Labute approximate surface area is 200 Å². The van der Waals surface area contributed by atoms with Gasteiger partial charge < -0.3 is 10.1 Å². The molecule has 2 heterocycles. The van der Waals surface area contributed by atoms with Crippen LogP contribution in [0.3, 0.4) is 0 Å². The number of nitrogens with one attached hydrogen (secondary N) is 2. The Kier molecular flexibility index (Phi) is 6.14. The number of anilines is 2. The van der Waals surface area contributed by atoms with Crippen LogP contribution >= 0.6 is 11.6 Å². The Morgan fingerprint density at radius 1 is 1.06 bits per heavy atom. The second-order valence-electron chi connectivity index (χ2n) is 7.91. The number of hydrogen-bond acceptors (Lipinski definition) is 5. The maximum atomic E-state index is 13.6. The molecule has 1 aromatic heterocycles. The molecule has 0 saturated carbocycles. The summed E-state index contributed by atoms with van der Waals surface area (Å²) in [5, 5.41) is 11.2. The van der Waals surface area contributed by atoms with Crippen LogP contribution in [0.15, 0.2) is 78.9 Å². The number of carbonyl (C=O) groups excluding carboxylic acids is 1. The molecule has 2 N–H and O–H groups in total. The molecule has 172 valence electrons. The highest BCUT2D eigenvalue weighted by atomic mass is 35.5. The Balaban J connectivity index is 1.38. The minimum atomic E-state index is -0.376. The van der Waals surface area contributed by atoms with Crippen molar-refractivity contribution in [2.24, 2.45) is 0 Å². The molecule has 1 aliphatic heterocycles. The SMILES string of the molecule is O=C(COc1ccccc1)Nc1nc2n(n1)C(c1ccc(F)cc1)CC(c1ccc(Cl)cc1)N2. The van der Waals surface area contributed by atoms with Gasteiger partial charge >= 0.3 is 0 Å². The molecule has 9 heteroatoms. The third-order valence-electron chi connectivity index (χ3n) is 5.58. The number of halogens is 2. The molecule has 1 amide bonds. The molecule has 0 aliphatic carbocycles. The topological polar surface area (TPSA) is 81.1 Å². The van der Waals surface area contributed by atoms with Gasteiger partial charge in [0.1, 0.15) is 11.6 Å². The Morgan fingerprint density at radius 2 is 1.76 bits per heavy atom. The molecule has 5 rings (SSSR count). The van der Waals surface area contributed by atoms with Gasteiger partial charge in [-0.25, -0.2) is 9.07 Å². The van der Waals surface area contributed by atoms with Gasteiger partial charge in [-0.3, -0.25) is 10.1 Å². The number of rotatable bonds is 6. The van der Waals surface area contributed by atoms with E-state index in [0.717, 1.165) is 11.1 Å². The molecule has 4 aromatic rings. The number of ether oxygens (including phenoxy) is 1. The van der Waals surface area contributed by atoms with Crippen LogP contribution < -0.4 is 15.4 Å². The summed E-state index contributed by atoms with van der Waals surface area (Å²) in [5.74, 6) is 0.572. The minimum absolute atomic E-state index is 0.0750. The van der Waals surface area contributed by atoms with Gasteiger partial charge in [0.25, 0.3) is 11.9 Å². The van der Waals surface area contributed by atoms with Crippen molar-refractivity contribution >= 4 is 29.4 Å². The average Bonchev–Trinajstić information content (AvgIpc) is 3.26. The van der Waals surface area contributed by atoms with Crippen LogP contribution in [0.25, 0.3) is 0 Å². The van der Waals surface area contributed by atoms with Crippen LogP contribution in [0.5, 0.6) is 5.75 Å². The summed E-state index contributed by atoms with van der Waals surface area (Å²) in [6.07, 6.45) is 0.647. The number of para-hydroxylation sites is 1. The predicted octanol–water partition coefficient (Wildman–Crippen LogP) is 5.23. The fourth-order valence-corrected chi connectivity index (χ4v) is 4.06. The van der Waals surface area contributed by atoms with Crippen molar-refractivity contribution < 1.29 is 13.9 Å². The van der Waals surface area contributed by atoms with Crippen LogP contribution in [-0.2, 0) is 4.79 Å². The molecule has 0 fully saturated rings. The maximum Gasteiger partial charge on any atom is 0.264 e. The van der Waals surface area contributed by atoms with Crippen molar-refractivity contribution in [2.45, 2.75) is 18.5 Å². The quantitative estimate of drug-likeness (QED) is 0.397. The summed E-state index contributed by atoms with van der Waals surface area (Å²) in [5.41, 5.74) is 1.92. The highest BCUT2D eigenvalue weighted by Crippen LogP contribution is 2.38. The summed E-state index contributed by atoms with van der Waals surface area (Å²) in [7, 11) is 0. The van der Waals surface area contributed by atoms with E-state index in [0.29, 0.717) is 23.1 Å². The van der Waals surface area contributed by atoms with Crippen molar-refractivity contribution in [3.05, 3.63) is 101 Å². The van der Waals surface area contributed by atoms with E-state index in [1.807, 2.05) is 42.5 Å². The third-order valence-corrected chi connectivity index (χ3v) is 5.83. The van der Waals surface area contributed by atoms with Crippen LogP contribution in [0.1, 0.15) is 29.6 Å². The largest absolute Gasteiger partial charge is 0.484 e. The molecule has 0 saturated heterocycles. The second kappa shape index (κ2) is 9.52. The zero-order valence-corrected chi connectivity index (χ0v) is 18.7. The Hall–Kier alpha value is -3.91. The maximum absolute atomic E-state index is 13.6. The lowest BCUT2D eigenvalue weighted by Gasteiger charge is -2.31. The van der Waals surface area contributed by atoms with E-state index in [1.165, 1.54) is 12.1 Å². The summed E-state index contributed by atoms with van der Waals surface area (Å²) in [4.78, 5) is 16.9. The van der Waals surface area contributed by atoms with Gasteiger partial charge in [-0.05, 0) is 53.9 Å². The molecule has 2 atom stereocenters. The summed E-state index contributed by atoms with van der Waals surface area (Å²) < 4.78 is 20.8. The molecule has 0 spiro atoms. The molecule has 0 radical (unpaired) electrons. The van der Waals surface area contributed by atoms with E-state index in [4.69, 9.17) is 16.3 Å². The van der Waals surface area contributed by atoms with Gasteiger partial charge in [-0.2, -0.15) is 4.98 Å². The molecule has 3 aromatic carbocycles. The van der Waals surface area contributed by atoms with Crippen molar-refractivity contribution in [3.8, 4) is 5.75 Å². The van der Waals surface area contributed by atoms with E-state index in [1.54, 1.807) is 28.9 Å². The van der Waals surface area contributed by atoms with Gasteiger partial charge in [0, 0.05) is 5.02 Å². The van der Waals surface area contributed by atoms with Crippen molar-refractivity contribution in [3.63, 3.8) is 0 Å². The summed E-state index contributed by atoms with van der Waals surface area (Å²) >= 11 is 6.05. The first kappa shape index (κ1) is 21.9. The standard InChI is InChI=1S/C25H21ClFN5O2/c26-18-10-6-16(7-11-18)21-14-22(17-8-12-19(27)13-9-17)32-25(28-21)30-24(31-32)29-23(33)15-34-20-4-2-1-3-5-20/h1-13,21-22H,14-15H2,(H2,28,29,30,31,33). The molecule has 2 unspecified atom stereocenters. The zero-order chi connectivity index (χ0) is 23.5. The Morgan fingerprint density at radius 3 is 2.50 bits per heavy atom. The molecule has 34 heavy (non-hydrogen) atoms. The van der Waals surface area contributed by atoms with E-state index in [9.17, 15) is 9.18 Å². The van der Waals surface area contributed by atoms with E-state index in [2.05, 4.69) is 20.7 Å². The van der Waals surface area contributed by atoms with Crippen LogP contribution in [0.2, 0.25) is 5.02 Å². The first-order valence-electron chi connectivity index (χ1n) is 10.8. The Bertz CT molecular complexity index is 1280. The number of aromatic nitrogens is 3. The molecular weight excluding hydrogens is 457 g/mol.